The lowest BCUT2D eigenvalue weighted by Gasteiger charge is -2.39. The molecule has 1 unspecified atom stereocenters. The van der Waals surface area contributed by atoms with E-state index in [-0.39, 0.29) is 30.4 Å². The summed E-state index contributed by atoms with van der Waals surface area (Å²) in [5.74, 6) is -1.57. The Hall–Kier alpha value is -4.88. The van der Waals surface area contributed by atoms with Crippen LogP contribution in [0.3, 0.4) is 0 Å². The Labute approximate surface area is 333 Å². The summed E-state index contributed by atoms with van der Waals surface area (Å²) in [7, 11) is -4.26. The lowest BCUT2D eigenvalue weighted by molar-refractivity contribution is -0.144. The first-order chi connectivity index (χ1) is 26.9. The molecule has 6 rings (SSSR count). The van der Waals surface area contributed by atoms with Gasteiger partial charge < -0.3 is 25.0 Å². The van der Waals surface area contributed by atoms with Gasteiger partial charge in [0.25, 0.3) is 15.9 Å². The highest BCUT2D eigenvalue weighted by atomic mass is 35.5. The zero-order chi connectivity index (χ0) is 39.9. The number of amides is 4. The van der Waals surface area contributed by atoms with Gasteiger partial charge in [-0.2, -0.15) is 0 Å². The molecule has 298 valence electrons. The first-order valence-electron chi connectivity index (χ1n) is 19.3. The van der Waals surface area contributed by atoms with Crippen LogP contribution in [0.2, 0.25) is 5.02 Å². The minimum atomic E-state index is -4.26. The molecule has 3 N–H and O–H groups in total. The van der Waals surface area contributed by atoms with E-state index in [0.29, 0.717) is 29.4 Å². The number of unbranched alkanes of at least 4 members (excludes halogenated alkanes) is 3. The van der Waals surface area contributed by atoms with Crippen molar-refractivity contribution in [2.45, 2.75) is 113 Å². The summed E-state index contributed by atoms with van der Waals surface area (Å²) in [5, 5.41) is 6.16. The van der Waals surface area contributed by atoms with Gasteiger partial charge in [-0.25, -0.2) is 17.9 Å². The van der Waals surface area contributed by atoms with Gasteiger partial charge in [0, 0.05) is 23.9 Å². The third kappa shape index (κ3) is 9.73. The van der Waals surface area contributed by atoms with Gasteiger partial charge in [0.1, 0.15) is 35.2 Å². The first-order valence-corrected chi connectivity index (χ1v) is 21.2. The molecular weight excluding hydrogens is 756 g/mol. The average Bonchev–Trinajstić information content (AvgIpc) is 3.66. The van der Waals surface area contributed by atoms with Crippen molar-refractivity contribution in [2.24, 2.45) is 5.92 Å². The topological polar surface area (TPSA) is 160 Å². The summed E-state index contributed by atoms with van der Waals surface area (Å²) < 4.78 is 40.2. The Morgan fingerprint density at radius 2 is 1.71 bits per heavy atom. The van der Waals surface area contributed by atoms with Crippen LogP contribution in [0.15, 0.2) is 90.3 Å². The van der Waals surface area contributed by atoms with Gasteiger partial charge in [-0.15, -0.1) is 6.58 Å². The molecule has 1 aliphatic heterocycles. The second kappa shape index (κ2) is 17.9. The van der Waals surface area contributed by atoms with Gasteiger partial charge in [0.15, 0.2) is 0 Å². The lowest BCUT2D eigenvalue weighted by Crippen LogP contribution is -2.61. The molecule has 3 aliphatic rings. The number of nitrogens with one attached hydrogen (secondary N) is 3. The van der Waals surface area contributed by atoms with Crippen LogP contribution in [0.25, 0.3) is 0 Å². The summed E-state index contributed by atoms with van der Waals surface area (Å²) in [4.78, 5) is 57.5. The molecule has 2 aliphatic carbocycles. The molecule has 0 aromatic heterocycles. The molecule has 0 radical (unpaired) electrons. The van der Waals surface area contributed by atoms with E-state index in [4.69, 9.17) is 21.1 Å². The van der Waals surface area contributed by atoms with E-state index in [1.165, 1.54) is 23.1 Å². The van der Waals surface area contributed by atoms with E-state index >= 15 is 0 Å². The van der Waals surface area contributed by atoms with Crippen LogP contribution >= 0.6 is 11.6 Å². The third-order valence-electron chi connectivity index (χ3n) is 10.8. The third-order valence-corrected chi connectivity index (χ3v) is 12.4. The zero-order valence-electron chi connectivity index (χ0n) is 31.5. The second-order valence-corrected chi connectivity index (χ2v) is 16.9. The van der Waals surface area contributed by atoms with Gasteiger partial charge in [-0.3, -0.25) is 14.4 Å². The Kier molecular flexibility index (Phi) is 13.1. The fraction of sp³-hybridized carbons (Fsp3) is 0.429. The number of fused-ring (bicyclic) bond motifs is 1. The molecule has 0 bridgehead atoms. The van der Waals surface area contributed by atoms with E-state index in [9.17, 15) is 27.6 Å². The number of carbonyl (C=O) groups is 4. The molecule has 12 nitrogen and oxygen atoms in total. The Bertz CT molecular complexity index is 2040. The minimum Gasteiger partial charge on any atom is -0.457 e. The Morgan fingerprint density at radius 3 is 2.41 bits per heavy atom. The standard InChI is InChI=1S/C42H49ClN4O8S/c1-3-5-6-10-20-36(44-41(51)55-32-15-11-12-16-32)39(49)47-27-28-21-22-34(54-33-17-13-14-31(43)25-33)23-29(28)24-37(47)38(48)45-42(26-30(42)4-2)40(50)46-56(52,53)35-18-8-7-9-19-35/h4,7-9,13-14,17-19,21-23,25,30,32,36-37H,2-3,5-6,10-12,15-16,20,24,26-27H2,1H3,(H,44,51)(H,45,48)(H,46,50)/t30-,36+,37?,42-/m1/s1. The number of ether oxygens (including phenoxy) is 2. The summed E-state index contributed by atoms with van der Waals surface area (Å²) in [5.41, 5.74) is -0.102. The number of carbonyl (C=O) groups excluding carboxylic acids is 4. The van der Waals surface area contributed by atoms with Crippen LogP contribution in [0.4, 0.5) is 4.79 Å². The summed E-state index contributed by atoms with van der Waals surface area (Å²) in [6.45, 7) is 5.92. The quantitative estimate of drug-likeness (QED) is 0.104. The van der Waals surface area contributed by atoms with E-state index in [1.54, 1.807) is 54.6 Å². The van der Waals surface area contributed by atoms with E-state index in [2.05, 4.69) is 28.9 Å². The van der Waals surface area contributed by atoms with Crippen molar-refractivity contribution in [3.8, 4) is 11.5 Å². The largest absolute Gasteiger partial charge is 0.457 e. The molecule has 4 amide bonds. The number of halogens is 1. The predicted molar refractivity (Wildman–Crippen MR) is 211 cm³/mol. The molecule has 56 heavy (non-hydrogen) atoms. The molecular formula is C42H49ClN4O8S. The summed E-state index contributed by atoms with van der Waals surface area (Å²) in [6, 6.07) is 17.7. The molecule has 0 spiro atoms. The fourth-order valence-electron chi connectivity index (χ4n) is 7.53. The maximum Gasteiger partial charge on any atom is 0.408 e. The normalized spacial score (nSPS) is 20.9. The highest BCUT2D eigenvalue weighted by Gasteiger charge is 2.61. The fourth-order valence-corrected chi connectivity index (χ4v) is 8.77. The van der Waals surface area contributed by atoms with Gasteiger partial charge in [-0.05, 0) is 92.1 Å². The van der Waals surface area contributed by atoms with Crippen LogP contribution in [0.1, 0.15) is 82.3 Å². The van der Waals surface area contributed by atoms with Crippen molar-refractivity contribution in [3.63, 3.8) is 0 Å². The molecule has 2 saturated carbocycles. The molecule has 1 heterocycles. The van der Waals surface area contributed by atoms with E-state index < -0.39 is 57.4 Å². The average molecular weight is 805 g/mol. The monoisotopic (exact) mass is 804 g/mol. The number of nitrogens with zero attached hydrogens (tertiary/aromatic N) is 1. The smallest absolute Gasteiger partial charge is 0.408 e. The van der Waals surface area contributed by atoms with Gasteiger partial charge in [-0.1, -0.05) is 80.6 Å². The molecule has 14 heteroatoms. The minimum absolute atomic E-state index is 0.0288. The Balaban J connectivity index is 1.29. The van der Waals surface area contributed by atoms with Crippen LogP contribution < -0.4 is 20.1 Å². The van der Waals surface area contributed by atoms with E-state index in [0.717, 1.165) is 56.1 Å². The van der Waals surface area contributed by atoms with Crippen molar-refractivity contribution >= 4 is 45.4 Å². The maximum atomic E-state index is 14.6. The van der Waals surface area contributed by atoms with Crippen molar-refractivity contribution in [2.75, 3.05) is 0 Å². The van der Waals surface area contributed by atoms with Crippen LogP contribution in [-0.2, 0) is 42.1 Å². The van der Waals surface area contributed by atoms with Crippen molar-refractivity contribution < 1.29 is 37.1 Å². The van der Waals surface area contributed by atoms with Crippen LogP contribution in [0.5, 0.6) is 11.5 Å². The number of benzene rings is 3. The predicted octanol–water partition coefficient (Wildman–Crippen LogP) is 6.96. The molecule has 2 fully saturated rings. The molecule has 0 saturated heterocycles. The number of rotatable bonds is 16. The lowest BCUT2D eigenvalue weighted by atomic mass is 9.91. The van der Waals surface area contributed by atoms with Gasteiger partial charge in [0.2, 0.25) is 11.8 Å². The highest BCUT2D eigenvalue weighted by molar-refractivity contribution is 7.90. The number of sulfonamides is 1. The molecule has 4 atom stereocenters. The van der Waals surface area contributed by atoms with Gasteiger partial charge in [0.05, 0.1) is 4.90 Å². The van der Waals surface area contributed by atoms with Crippen LogP contribution in [0, 0.1) is 5.92 Å². The van der Waals surface area contributed by atoms with Crippen molar-refractivity contribution in [3.05, 3.63) is 102 Å². The number of hydrogen-bond acceptors (Lipinski definition) is 8. The second-order valence-electron chi connectivity index (χ2n) is 14.8. The Morgan fingerprint density at radius 1 is 0.964 bits per heavy atom. The molecule has 3 aromatic carbocycles. The van der Waals surface area contributed by atoms with Crippen LogP contribution in [-0.4, -0.2) is 60.9 Å². The molecule has 3 aromatic rings. The number of alkyl carbamates (subject to hydrolysis) is 1. The van der Waals surface area contributed by atoms with Gasteiger partial charge >= 0.3 is 6.09 Å². The summed E-state index contributed by atoms with van der Waals surface area (Å²) in [6.07, 6.45) is 8.06. The zero-order valence-corrected chi connectivity index (χ0v) is 33.1. The SMILES string of the molecule is C=C[C@@H]1C[C@]1(NC(=O)C1Cc2cc(Oc3cccc(Cl)c3)ccc2CN1C(=O)[C@H](CCCCCC)NC(=O)OC1CCCC1)C(=O)NS(=O)(=O)c1ccccc1. The maximum absolute atomic E-state index is 14.6. The van der Waals surface area contributed by atoms with Crippen molar-refractivity contribution in [1.82, 2.24) is 20.3 Å². The van der Waals surface area contributed by atoms with Crippen molar-refractivity contribution in [1.29, 1.82) is 0 Å². The van der Waals surface area contributed by atoms with E-state index in [1.807, 2.05) is 6.07 Å². The first kappa shape index (κ1) is 40.8. The number of hydrogen-bond donors (Lipinski definition) is 3. The highest BCUT2D eigenvalue weighted by Crippen LogP contribution is 2.45. The summed E-state index contributed by atoms with van der Waals surface area (Å²) >= 11 is 6.18.